The predicted octanol–water partition coefficient (Wildman–Crippen LogP) is 2.28. The van der Waals surface area contributed by atoms with E-state index >= 15 is 0 Å². The molecule has 1 rings (SSSR count). The topological polar surface area (TPSA) is 36.4 Å². The average Bonchev–Trinajstić information content (AvgIpc) is 2.82. The van der Waals surface area contributed by atoms with Crippen molar-refractivity contribution in [1.29, 1.82) is 0 Å². The molecule has 0 amide bonds. The Morgan fingerprint density at radius 2 is 2.12 bits per heavy atom. The molecule has 2 N–H and O–H groups in total. The highest BCUT2D eigenvalue weighted by Gasteiger charge is 2.08. The molecule has 1 heterocycles. The number of hydrogen-bond acceptors (Lipinski definition) is 2. The monoisotopic (exact) mass is 261 g/mol. The highest BCUT2D eigenvalue weighted by molar-refractivity contribution is 7.10. The molecule has 1 aromatic rings. The van der Waals surface area contributed by atoms with Crippen molar-refractivity contribution in [3.63, 3.8) is 0 Å². The average molecular weight is 261 g/mol. The van der Waals surface area contributed by atoms with Crippen LogP contribution in [0.1, 0.15) is 17.7 Å². The van der Waals surface area contributed by atoms with Crippen molar-refractivity contribution in [3.05, 3.63) is 22.4 Å². The quantitative estimate of drug-likeness (QED) is 0.630. The first-order chi connectivity index (χ1) is 8.13. The van der Waals surface area contributed by atoms with E-state index in [9.17, 15) is 8.78 Å². The standard InChI is InChI=1S/C11H17F2N3S/c1-8(9-4-3-5-17-9)6-15-11(14-2)16-7-10(12)13/h3-5,8,10H,6-7H2,1-2H3,(H2,14,15,16). The molecule has 3 nitrogen and oxygen atoms in total. The minimum Gasteiger partial charge on any atom is -0.356 e. The molecule has 0 bridgehead atoms. The number of rotatable bonds is 5. The summed E-state index contributed by atoms with van der Waals surface area (Å²) in [7, 11) is 1.57. The summed E-state index contributed by atoms with van der Waals surface area (Å²) in [5.74, 6) is 0.744. The summed E-state index contributed by atoms with van der Waals surface area (Å²) in [4.78, 5) is 5.14. The highest BCUT2D eigenvalue weighted by atomic mass is 32.1. The van der Waals surface area contributed by atoms with Gasteiger partial charge in [-0.25, -0.2) is 8.78 Å². The molecule has 1 unspecified atom stereocenters. The maximum Gasteiger partial charge on any atom is 0.255 e. The van der Waals surface area contributed by atoms with Gasteiger partial charge in [0.1, 0.15) is 0 Å². The molecule has 0 spiro atoms. The summed E-state index contributed by atoms with van der Waals surface area (Å²) >= 11 is 1.69. The number of guanidine groups is 1. The Bertz CT molecular complexity index is 338. The fourth-order valence-electron chi connectivity index (χ4n) is 1.32. The Morgan fingerprint density at radius 1 is 1.41 bits per heavy atom. The van der Waals surface area contributed by atoms with Gasteiger partial charge < -0.3 is 10.6 Å². The fourth-order valence-corrected chi connectivity index (χ4v) is 2.10. The second-order valence-corrected chi connectivity index (χ2v) is 4.62. The smallest absolute Gasteiger partial charge is 0.255 e. The number of thiophene rings is 1. The third kappa shape index (κ3) is 5.12. The van der Waals surface area contributed by atoms with Crippen LogP contribution in [-0.4, -0.2) is 32.5 Å². The number of halogens is 2. The van der Waals surface area contributed by atoms with Crippen LogP contribution in [0.3, 0.4) is 0 Å². The Kier molecular flexibility index (Phi) is 5.90. The van der Waals surface area contributed by atoms with Gasteiger partial charge in [0, 0.05) is 24.4 Å². The first-order valence-electron chi connectivity index (χ1n) is 5.39. The van der Waals surface area contributed by atoms with Gasteiger partial charge in [0.15, 0.2) is 5.96 Å². The van der Waals surface area contributed by atoms with Gasteiger partial charge >= 0.3 is 0 Å². The first-order valence-corrected chi connectivity index (χ1v) is 6.27. The summed E-state index contributed by atoms with van der Waals surface area (Å²) in [6, 6.07) is 4.06. The zero-order valence-electron chi connectivity index (χ0n) is 9.91. The van der Waals surface area contributed by atoms with Gasteiger partial charge in [-0.2, -0.15) is 0 Å². The third-order valence-corrected chi connectivity index (χ3v) is 3.36. The van der Waals surface area contributed by atoms with E-state index in [1.54, 1.807) is 18.4 Å². The van der Waals surface area contributed by atoms with Crippen LogP contribution in [0.15, 0.2) is 22.5 Å². The normalized spacial score (nSPS) is 13.8. The molecule has 6 heteroatoms. The van der Waals surface area contributed by atoms with Crippen molar-refractivity contribution in [3.8, 4) is 0 Å². The Balaban J connectivity index is 2.33. The molecule has 1 atom stereocenters. The van der Waals surface area contributed by atoms with Crippen LogP contribution in [0.2, 0.25) is 0 Å². The molecule has 0 radical (unpaired) electrons. The van der Waals surface area contributed by atoms with Gasteiger partial charge in [-0.3, -0.25) is 4.99 Å². The zero-order valence-corrected chi connectivity index (χ0v) is 10.7. The minimum absolute atomic E-state index is 0.333. The lowest BCUT2D eigenvalue weighted by molar-refractivity contribution is 0.152. The molecule has 1 aromatic heterocycles. The number of aliphatic imine (C=N–C) groups is 1. The molecule has 96 valence electrons. The predicted molar refractivity (Wildman–Crippen MR) is 68.1 cm³/mol. The Hall–Kier alpha value is -1.17. The lowest BCUT2D eigenvalue weighted by atomic mass is 10.1. The van der Waals surface area contributed by atoms with E-state index in [2.05, 4.69) is 28.6 Å². The van der Waals surface area contributed by atoms with Gasteiger partial charge in [0.2, 0.25) is 0 Å². The molecular formula is C11H17F2N3S. The molecule has 0 aliphatic heterocycles. The molecule has 0 aliphatic rings. The van der Waals surface area contributed by atoms with Crippen LogP contribution in [0.4, 0.5) is 8.78 Å². The van der Waals surface area contributed by atoms with Gasteiger partial charge in [-0.15, -0.1) is 11.3 Å². The van der Waals surface area contributed by atoms with E-state index in [0.29, 0.717) is 18.4 Å². The summed E-state index contributed by atoms with van der Waals surface area (Å²) < 4.78 is 24.0. The largest absolute Gasteiger partial charge is 0.356 e. The van der Waals surface area contributed by atoms with Crippen molar-refractivity contribution in [2.75, 3.05) is 20.1 Å². The van der Waals surface area contributed by atoms with Crippen molar-refractivity contribution in [1.82, 2.24) is 10.6 Å². The number of alkyl halides is 2. The lowest BCUT2D eigenvalue weighted by Gasteiger charge is -2.14. The first kappa shape index (κ1) is 13.9. The van der Waals surface area contributed by atoms with Crippen LogP contribution < -0.4 is 10.6 Å². The van der Waals surface area contributed by atoms with E-state index in [1.807, 2.05) is 11.4 Å². The van der Waals surface area contributed by atoms with Crippen LogP contribution in [0.25, 0.3) is 0 Å². The molecule has 0 aromatic carbocycles. The van der Waals surface area contributed by atoms with Crippen LogP contribution in [0, 0.1) is 0 Å². The maximum atomic E-state index is 12.0. The van der Waals surface area contributed by atoms with E-state index in [4.69, 9.17) is 0 Å². The molecule has 0 aliphatic carbocycles. The fraction of sp³-hybridized carbons (Fsp3) is 0.545. The highest BCUT2D eigenvalue weighted by Crippen LogP contribution is 2.19. The molecule has 0 saturated carbocycles. The number of nitrogens with zero attached hydrogens (tertiary/aromatic N) is 1. The van der Waals surface area contributed by atoms with Crippen molar-refractivity contribution in [2.45, 2.75) is 19.3 Å². The van der Waals surface area contributed by atoms with Crippen LogP contribution in [-0.2, 0) is 0 Å². The zero-order chi connectivity index (χ0) is 12.7. The van der Waals surface area contributed by atoms with Gasteiger partial charge in [-0.1, -0.05) is 13.0 Å². The van der Waals surface area contributed by atoms with Crippen LogP contribution >= 0.6 is 11.3 Å². The Morgan fingerprint density at radius 3 is 2.65 bits per heavy atom. The second kappa shape index (κ2) is 7.21. The molecular weight excluding hydrogens is 244 g/mol. The van der Waals surface area contributed by atoms with Gasteiger partial charge in [0.25, 0.3) is 6.43 Å². The maximum absolute atomic E-state index is 12.0. The van der Waals surface area contributed by atoms with Crippen molar-refractivity contribution < 1.29 is 8.78 Å². The van der Waals surface area contributed by atoms with E-state index in [-0.39, 0.29) is 6.54 Å². The number of hydrogen-bond donors (Lipinski definition) is 2. The van der Waals surface area contributed by atoms with Crippen LogP contribution in [0.5, 0.6) is 0 Å². The minimum atomic E-state index is -2.37. The van der Waals surface area contributed by atoms with E-state index in [1.165, 1.54) is 4.88 Å². The lowest BCUT2D eigenvalue weighted by Crippen LogP contribution is -2.41. The third-order valence-electron chi connectivity index (χ3n) is 2.25. The summed E-state index contributed by atoms with van der Waals surface area (Å²) in [5, 5.41) is 7.61. The van der Waals surface area contributed by atoms with Gasteiger partial charge in [0.05, 0.1) is 6.54 Å². The molecule has 0 saturated heterocycles. The van der Waals surface area contributed by atoms with Crippen molar-refractivity contribution >= 4 is 17.3 Å². The summed E-state index contributed by atoms with van der Waals surface area (Å²) in [5.41, 5.74) is 0. The van der Waals surface area contributed by atoms with Crippen molar-refractivity contribution in [2.24, 2.45) is 4.99 Å². The Labute approximate surface area is 104 Å². The van der Waals surface area contributed by atoms with E-state index in [0.717, 1.165) is 0 Å². The van der Waals surface area contributed by atoms with E-state index < -0.39 is 6.43 Å². The second-order valence-electron chi connectivity index (χ2n) is 3.64. The molecule has 0 fully saturated rings. The number of nitrogens with one attached hydrogen (secondary N) is 2. The summed E-state index contributed by atoms with van der Waals surface area (Å²) in [6.45, 7) is 2.37. The summed E-state index contributed by atoms with van der Waals surface area (Å²) in [6.07, 6.45) is -2.37. The van der Waals surface area contributed by atoms with Gasteiger partial charge in [-0.05, 0) is 11.4 Å². The molecule has 17 heavy (non-hydrogen) atoms. The SMILES string of the molecule is CN=C(NCC(F)F)NCC(C)c1cccs1.